The molecule has 0 unspecified atom stereocenters. The van der Waals surface area contributed by atoms with Gasteiger partial charge >= 0.3 is 0 Å². The Morgan fingerprint density at radius 1 is 0.968 bits per heavy atom. The van der Waals surface area contributed by atoms with Gasteiger partial charge < -0.3 is 19.1 Å². The zero-order chi connectivity index (χ0) is 20.8. The van der Waals surface area contributed by atoms with Gasteiger partial charge in [0, 0.05) is 31.5 Å². The summed E-state index contributed by atoms with van der Waals surface area (Å²) in [6, 6.07) is 15.7. The highest BCUT2D eigenvalue weighted by Gasteiger charge is 2.40. The summed E-state index contributed by atoms with van der Waals surface area (Å²) in [6.45, 7) is 1.59. The van der Waals surface area contributed by atoms with Crippen molar-refractivity contribution in [2.45, 2.75) is 31.3 Å². The maximum absolute atomic E-state index is 13.1. The molecule has 7 nitrogen and oxygen atoms in total. The number of ether oxygens (including phenoxy) is 3. The molecule has 3 aromatic rings. The predicted octanol–water partition coefficient (Wildman–Crippen LogP) is 3.81. The minimum absolute atomic E-state index is 0.0226. The van der Waals surface area contributed by atoms with E-state index in [1.807, 2.05) is 29.2 Å². The van der Waals surface area contributed by atoms with Gasteiger partial charge in [-0.1, -0.05) is 18.2 Å². The summed E-state index contributed by atoms with van der Waals surface area (Å²) in [5.74, 6) is 2.40. The molecule has 4 heterocycles. The van der Waals surface area contributed by atoms with Gasteiger partial charge in [-0.25, -0.2) is 0 Å². The molecule has 1 aromatic heterocycles. The Labute approximate surface area is 179 Å². The second-order valence-corrected chi connectivity index (χ2v) is 8.42. The molecule has 0 saturated carbocycles. The Kier molecular flexibility index (Phi) is 4.16. The fraction of sp³-hybridized carbons (Fsp3) is 0.333. The average molecular weight is 417 g/mol. The molecule has 2 aromatic carbocycles. The summed E-state index contributed by atoms with van der Waals surface area (Å²) in [4.78, 5) is 15.0. The number of aromatic amines is 1. The smallest absolute Gasteiger partial charge is 0.271 e. The van der Waals surface area contributed by atoms with Crippen LogP contribution in [-0.4, -0.2) is 46.5 Å². The Balaban J connectivity index is 1.14. The first-order chi connectivity index (χ1) is 15.2. The highest BCUT2D eigenvalue weighted by Crippen LogP contribution is 2.39. The van der Waals surface area contributed by atoms with Gasteiger partial charge in [0.2, 0.25) is 6.79 Å². The number of carbonyl (C=O) groups is 1. The Hall–Kier alpha value is -3.48. The van der Waals surface area contributed by atoms with Crippen molar-refractivity contribution in [1.82, 2.24) is 15.1 Å². The third kappa shape index (κ3) is 3.21. The van der Waals surface area contributed by atoms with E-state index in [9.17, 15) is 4.79 Å². The number of likely N-dealkylation sites (tertiary alicyclic amines) is 1. The Bertz CT molecular complexity index is 1150. The molecule has 1 N–H and O–H groups in total. The molecule has 3 aliphatic rings. The molecule has 0 bridgehead atoms. The normalized spacial score (nSPS) is 18.5. The molecular formula is C24H23N3O4. The van der Waals surface area contributed by atoms with Gasteiger partial charge in [-0.05, 0) is 48.7 Å². The summed E-state index contributed by atoms with van der Waals surface area (Å²) in [5, 5.41) is 7.25. The number of rotatable bonds is 2. The molecule has 7 heteroatoms. The van der Waals surface area contributed by atoms with Crippen molar-refractivity contribution in [1.29, 1.82) is 0 Å². The molecule has 6 rings (SSSR count). The van der Waals surface area contributed by atoms with E-state index in [0.717, 1.165) is 42.7 Å². The van der Waals surface area contributed by atoms with E-state index in [1.54, 1.807) is 6.07 Å². The van der Waals surface area contributed by atoms with Crippen LogP contribution in [0.1, 0.15) is 35.3 Å². The average Bonchev–Trinajstić information content (AvgIpc) is 3.48. The lowest BCUT2D eigenvalue weighted by Crippen LogP contribution is -2.51. The second kappa shape index (κ2) is 7.04. The molecule has 1 saturated heterocycles. The molecule has 3 aliphatic heterocycles. The van der Waals surface area contributed by atoms with E-state index >= 15 is 0 Å². The van der Waals surface area contributed by atoms with Crippen LogP contribution in [0.2, 0.25) is 0 Å². The molecular weight excluding hydrogens is 394 g/mol. The number of aryl methyl sites for hydroxylation is 1. The van der Waals surface area contributed by atoms with Crippen molar-refractivity contribution >= 4 is 5.91 Å². The Morgan fingerprint density at radius 2 is 1.81 bits per heavy atom. The first kappa shape index (κ1) is 18.3. The van der Waals surface area contributed by atoms with Gasteiger partial charge in [-0.15, -0.1) is 0 Å². The van der Waals surface area contributed by atoms with Crippen LogP contribution in [0, 0.1) is 0 Å². The number of H-pyrrole nitrogens is 1. The van der Waals surface area contributed by atoms with E-state index in [0.29, 0.717) is 30.2 Å². The number of para-hydroxylation sites is 1. The molecule has 0 aliphatic carbocycles. The number of piperidine rings is 1. The van der Waals surface area contributed by atoms with Gasteiger partial charge in [-0.3, -0.25) is 9.89 Å². The van der Waals surface area contributed by atoms with E-state index in [1.165, 1.54) is 5.56 Å². The molecule has 0 radical (unpaired) electrons. The van der Waals surface area contributed by atoms with Gasteiger partial charge in [0.25, 0.3) is 5.91 Å². The van der Waals surface area contributed by atoms with Crippen molar-refractivity contribution < 1.29 is 19.0 Å². The maximum Gasteiger partial charge on any atom is 0.271 e. The van der Waals surface area contributed by atoms with E-state index in [4.69, 9.17) is 14.2 Å². The van der Waals surface area contributed by atoms with Crippen LogP contribution in [0.25, 0.3) is 11.3 Å². The molecule has 1 spiro atoms. The summed E-state index contributed by atoms with van der Waals surface area (Å²) in [7, 11) is 0. The number of hydrogen-bond donors (Lipinski definition) is 1. The van der Waals surface area contributed by atoms with Crippen LogP contribution in [0.15, 0.2) is 48.5 Å². The lowest BCUT2D eigenvalue weighted by atomic mass is 9.83. The number of fused-ring (bicyclic) bond motifs is 2. The van der Waals surface area contributed by atoms with Crippen LogP contribution < -0.4 is 14.2 Å². The van der Waals surface area contributed by atoms with Gasteiger partial charge in [0.15, 0.2) is 11.5 Å². The van der Waals surface area contributed by atoms with Crippen molar-refractivity contribution in [2.75, 3.05) is 19.9 Å². The maximum atomic E-state index is 13.1. The standard InChI is InChI=1S/C24H23N3O4/c28-23(19-14-18(25-26-19)17-5-6-21-22(13-17)30-15-29-21)27-11-9-24(10-12-27)8-7-16-3-1-2-4-20(16)31-24/h1-6,13-14H,7-12,15H2,(H,25,26). The van der Waals surface area contributed by atoms with Gasteiger partial charge in [0.1, 0.15) is 17.0 Å². The third-order valence-electron chi connectivity index (χ3n) is 6.59. The van der Waals surface area contributed by atoms with Crippen LogP contribution in [0.5, 0.6) is 17.2 Å². The number of carbonyl (C=O) groups excluding carboxylic acids is 1. The lowest BCUT2D eigenvalue weighted by Gasteiger charge is -2.44. The number of aromatic nitrogens is 2. The first-order valence-corrected chi connectivity index (χ1v) is 10.7. The highest BCUT2D eigenvalue weighted by atomic mass is 16.7. The summed E-state index contributed by atoms with van der Waals surface area (Å²) >= 11 is 0. The summed E-state index contributed by atoms with van der Waals surface area (Å²) in [5.41, 5.74) is 3.21. The molecule has 31 heavy (non-hydrogen) atoms. The predicted molar refractivity (Wildman–Crippen MR) is 113 cm³/mol. The monoisotopic (exact) mass is 417 g/mol. The summed E-state index contributed by atoms with van der Waals surface area (Å²) < 4.78 is 17.2. The Morgan fingerprint density at radius 3 is 2.71 bits per heavy atom. The van der Waals surface area contributed by atoms with Gasteiger partial charge in [0.05, 0.1) is 5.69 Å². The van der Waals surface area contributed by atoms with Crippen molar-refractivity contribution in [3.8, 4) is 28.5 Å². The van der Waals surface area contributed by atoms with Crippen molar-refractivity contribution in [2.24, 2.45) is 0 Å². The number of hydrogen-bond acceptors (Lipinski definition) is 5. The van der Waals surface area contributed by atoms with Crippen LogP contribution in [0.3, 0.4) is 0 Å². The van der Waals surface area contributed by atoms with Crippen LogP contribution in [-0.2, 0) is 6.42 Å². The topological polar surface area (TPSA) is 76.7 Å². The fourth-order valence-electron chi connectivity index (χ4n) is 4.73. The quantitative estimate of drug-likeness (QED) is 0.686. The first-order valence-electron chi connectivity index (χ1n) is 10.7. The SMILES string of the molecule is O=C(c1cc(-c2ccc3c(c2)OCO3)n[nH]1)N1CCC2(CCc3ccccc3O2)CC1. The highest BCUT2D eigenvalue weighted by molar-refractivity contribution is 5.93. The molecule has 1 amide bonds. The minimum Gasteiger partial charge on any atom is -0.487 e. The van der Waals surface area contributed by atoms with E-state index in [-0.39, 0.29) is 18.3 Å². The number of nitrogens with one attached hydrogen (secondary N) is 1. The van der Waals surface area contributed by atoms with Crippen LogP contribution in [0.4, 0.5) is 0 Å². The minimum atomic E-state index is -0.156. The molecule has 158 valence electrons. The lowest BCUT2D eigenvalue weighted by molar-refractivity contribution is -0.0108. The van der Waals surface area contributed by atoms with Crippen molar-refractivity contribution in [3.05, 3.63) is 59.8 Å². The van der Waals surface area contributed by atoms with E-state index in [2.05, 4.69) is 28.4 Å². The number of benzene rings is 2. The zero-order valence-electron chi connectivity index (χ0n) is 17.1. The fourth-order valence-corrected chi connectivity index (χ4v) is 4.73. The molecule has 1 fully saturated rings. The second-order valence-electron chi connectivity index (χ2n) is 8.42. The van der Waals surface area contributed by atoms with E-state index < -0.39 is 0 Å². The largest absolute Gasteiger partial charge is 0.487 e. The van der Waals surface area contributed by atoms with Crippen molar-refractivity contribution in [3.63, 3.8) is 0 Å². The number of amides is 1. The molecule has 0 atom stereocenters. The third-order valence-corrected chi connectivity index (χ3v) is 6.59. The van der Waals surface area contributed by atoms with Crippen LogP contribution >= 0.6 is 0 Å². The van der Waals surface area contributed by atoms with Gasteiger partial charge in [-0.2, -0.15) is 5.10 Å². The number of nitrogens with zero attached hydrogens (tertiary/aromatic N) is 2. The zero-order valence-corrected chi connectivity index (χ0v) is 17.1. The summed E-state index contributed by atoms with van der Waals surface area (Å²) in [6.07, 6.45) is 3.72.